The summed E-state index contributed by atoms with van der Waals surface area (Å²) in [5, 5.41) is 0. The van der Waals surface area contributed by atoms with Crippen molar-refractivity contribution in [3.05, 3.63) is 63.5 Å². The van der Waals surface area contributed by atoms with Gasteiger partial charge in [-0.1, -0.05) is 23.5 Å². The van der Waals surface area contributed by atoms with Gasteiger partial charge in [-0.15, -0.1) is 0 Å². The molecule has 0 spiro atoms. The first-order valence-corrected chi connectivity index (χ1v) is 7.12. The van der Waals surface area contributed by atoms with Gasteiger partial charge in [0, 0.05) is 6.20 Å². The molecule has 0 saturated heterocycles. The Balaban J connectivity index is 2.04. The van der Waals surface area contributed by atoms with Crippen LogP contribution in [0.2, 0.25) is 0 Å². The Morgan fingerprint density at radius 3 is 2.86 bits per heavy atom. The van der Waals surface area contributed by atoms with Gasteiger partial charge in [0.2, 0.25) is 0 Å². The lowest BCUT2D eigenvalue weighted by molar-refractivity contribution is 0.415. The van der Waals surface area contributed by atoms with Crippen LogP contribution in [-0.2, 0) is 0 Å². The zero-order valence-corrected chi connectivity index (χ0v) is 12.1. The summed E-state index contributed by atoms with van der Waals surface area (Å²) < 4.78 is 20.7. The monoisotopic (exact) mass is 301 g/mol. The number of ether oxygens (including phenoxy) is 1. The zero-order chi connectivity index (χ0) is 14.8. The lowest BCUT2D eigenvalue weighted by Crippen LogP contribution is -2.05. The molecule has 3 nitrogen and oxygen atoms in total. The lowest BCUT2D eigenvalue weighted by Gasteiger charge is -2.00. The highest BCUT2D eigenvalue weighted by Crippen LogP contribution is 2.23. The fraction of sp³-hybridized carbons (Fsp3) is 0.0625. The molecule has 1 aromatic heterocycles. The quantitative estimate of drug-likeness (QED) is 0.736. The predicted molar refractivity (Wildman–Crippen MR) is 84.3 cm³/mol. The third-order valence-corrected chi connectivity index (χ3v) is 4.00. The number of hydrogen-bond donors (Lipinski definition) is 0. The largest absolute Gasteiger partial charge is 0.497 e. The molecule has 1 heterocycles. The summed E-state index contributed by atoms with van der Waals surface area (Å²) in [6, 6.07) is 11.7. The van der Waals surface area contributed by atoms with E-state index in [9.17, 15) is 9.18 Å². The van der Waals surface area contributed by atoms with Gasteiger partial charge in [0.15, 0.2) is 0 Å². The van der Waals surface area contributed by atoms with Crippen LogP contribution < -0.4 is 9.61 Å². The van der Waals surface area contributed by atoms with Gasteiger partial charge in [-0.05, 0) is 42.0 Å². The summed E-state index contributed by atoms with van der Waals surface area (Å²) in [4.78, 5) is 12.0. The van der Waals surface area contributed by atoms with E-state index in [2.05, 4.69) is 0 Å². The molecule has 3 rings (SSSR count). The molecule has 0 radical (unpaired) electrons. The smallest absolute Gasteiger partial charge is 0.312 e. The molecule has 0 N–H and O–H groups in total. The molecular weight excluding hydrogens is 289 g/mol. The molecule has 0 bridgehead atoms. The summed E-state index contributed by atoms with van der Waals surface area (Å²) >= 11 is 1.15. The van der Waals surface area contributed by atoms with Crippen molar-refractivity contribution in [1.82, 2.24) is 4.57 Å². The molecule has 5 heteroatoms. The van der Waals surface area contributed by atoms with Gasteiger partial charge in [0.25, 0.3) is 0 Å². The van der Waals surface area contributed by atoms with E-state index in [4.69, 9.17) is 4.74 Å². The lowest BCUT2D eigenvalue weighted by atomic mass is 10.2. The van der Waals surface area contributed by atoms with Gasteiger partial charge < -0.3 is 4.74 Å². The number of nitrogens with zero attached hydrogens (tertiary/aromatic N) is 1. The summed E-state index contributed by atoms with van der Waals surface area (Å²) in [5.41, 5.74) is 1.51. The van der Waals surface area contributed by atoms with E-state index >= 15 is 0 Å². The summed E-state index contributed by atoms with van der Waals surface area (Å²) in [5.74, 6) is 0.412. The summed E-state index contributed by atoms with van der Waals surface area (Å²) in [6.07, 6.45) is 3.36. The van der Waals surface area contributed by atoms with E-state index in [1.54, 1.807) is 42.2 Å². The normalized spacial score (nSPS) is 11.3. The van der Waals surface area contributed by atoms with Crippen molar-refractivity contribution >= 4 is 33.8 Å². The molecule has 0 amide bonds. The van der Waals surface area contributed by atoms with Crippen LogP contribution >= 0.6 is 11.3 Å². The van der Waals surface area contributed by atoms with Gasteiger partial charge in [0.05, 0.1) is 17.3 Å². The molecule has 0 aliphatic rings. The number of methoxy groups -OCH3 is 1. The van der Waals surface area contributed by atoms with Crippen LogP contribution in [0.15, 0.2) is 47.3 Å². The first kappa shape index (κ1) is 13.6. The Morgan fingerprint density at radius 2 is 2.10 bits per heavy atom. The molecule has 0 aliphatic heterocycles. The highest BCUT2D eigenvalue weighted by atomic mass is 32.1. The van der Waals surface area contributed by atoms with Crippen LogP contribution in [0.25, 0.3) is 22.5 Å². The minimum absolute atomic E-state index is 0.0918. The van der Waals surface area contributed by atoms with Crippen LogP contribution in [-0.4, -0.2) is 11.7 Å². The van der Waals surface area contributed by atoms with Gasteiger partial charge >= 0.3 is 4.87 Å². The molecule has 0 saturated carbocycles. The van der Waals surface area contributed by atoms with E-state index in [0.717, 1.165) is 21.6 Å². The molecule has 0 atom stereocenters. The second kappa shape index (κ2) is 5.54. The summed E-state index contributed by atoms with van der Waals surface area (Å²) in [6.45, 7) is 0. The fourth-order valence-corrected chi connectivity index (χ4v) is 2.95. The molecule has 21 heavy (non-hydrogen) atoms. The standard InChI is InChI=1S/C16H12FNO2S/c1-20-13-5-6-14-15(10-13)21-16(19)18(14)8-7-11-3-2-4-12(17)9-11/h2-10H,1H3. The maximum absolute atomic E-state index is 13.1. The topological polar surface area (TPSA) is 31.2 Å². The van der Waals surface area contributed by atoms with Crippen molar-refractivity contribution in [2.75, 3.05) is 7.11 Å². The molecule has 0 fully saturated rings. The van der Waals surface area contributed by atoms with Crippen molar-refractivity contribution in [1.29, 1.82) is 0 Å². The minimum atomic E-state index is -0.301. The Morgan fingerprint density at radius 1 is 1.24 bits per heavy atom. The Kier molecular flexibility index (Phi) is 3.58. The van der Waals surface area contributed by atoms with Gasteiger partial charge in [0.1, 0.15) is 11.6 Å². The van der Waals surface area contributed by atoms with Crippen LogP contribution in [0.4, 0.5) is 4.39 Å². The third-order valence-electron chi connectivity index (χ3n) is 3.09. The number of rotatable bonds is 3. The van der Waals surface area contributed by atoms with E-state index in [1.165, 1.54) is 12.1 Å². The fourth-order valence-electron chi connectivity index (χ4n) is 2.06. The van der Waals surface area contributed by atoms with Gasteiger partial charge in [-0.3, -0.25) is 9.36 Å². The van der Waals surface area contributed by atoms with Crippen LogP contribution in [0.5, 0.6) is 5.75 Å². The van der Waals surface area contributed by atoms with Crippen LogP contribution in [0.3, 0.4) is 0 Å². The average Bonchev–Trinajstić information content (AvgIpc) is 2.79. The highest BCUT2D eigenvalue weighted by Gasteiger charge is 2.06. The Bertz CT molecular complexity index is 879. The number of benzene rings is 2. The van der Waals surface area contributed by atoms with Crippen molar-refractivity contribution < 1.29 is 9.13 Å². The number of thiazole rings is 1. The number of fused-ring (bicyclic) bond motifs is 1. The third kappa shape index (κ3) is 2.73. The van der Waals surface area contributed by atoms with Crippen molar-refractivity contribution in [3.8, 4) is 5.75 Å². The Labute approximate surface area is 124 Å². The zero-order valence-electron chi connectivity index (χ0n) is 11.2. The van der Waals surface area contributed by atoms with Crippen molar-refractivity contribution in [2.45, 2.75) is 0 Å². The van der Waals surface area contributed by atoms with Crippen molar-refractivity contribution in [2.24, 2.45) is 0 Å². The van der Waals surface area contributed by atoms with Gasteiger partial charge in [-0.2, -0.15) is 0 Å². The first-order chi connectivity index (χ1) is 10.2. The molecule has 3 aromatic rings. The highest BCUT2D eigenvalue weighted by molar-refractivity contribution is 7.16. The maximum Gasteiger partial charge on any atom is 0.312 e. The molecule has 2 aromatic carbocycles. The minimum Gasteiger partial charge on any atom is -0.497 e. The average molecular weight is 301 g/mol. The second-order valence-corrected chi connectivity index (χ2v) is 5.44. The molecule has 0 unspecified atom stereocenters. The maximum atomic E-state index is 13.1. The van der Waals surface area contributed by atoms with E-state index in [-0.39, 0.29) is 10.7 Å². The number of aromatic nitrogens is 1. The molecule has 106 valence electrons. The van der Waals surface area contributed by atoms with Crippen molar-refractivity contribution in [3.63, 3.8) is 0 Å². The number of halogens is 1. The predicted octanol–water partition coefficient (Wildman–Crippen LogP) is 3.84. The SMILES string of the molecule is COc1ccc2c(c1)sc(=O)n2C=Cc1cccc(F)c1. The van der Waals surface area contributed by atoms with E-state index in [0.29, 0.717) is 11.3 Å². The first-order valence-electron chi connectivity index (χ1n) is 6.30. The second-order valence-electron chi connectivity index (χ2n) is 4.44. The Hall–Kier alpha value is -2.40. The molecular formula is C16H12FNO2S. The van der Waals surface area contributed by atoms with Gasteiger partial charge in [-0.25, -0.2) is 4.39 Å². The van der Waals surface area contributed by atoms with Crippen LogP contribution in [0.1, 0.15) is 5.56 Å². The van der Waals surface area contributed by atoms with Crippen LogP contribution in [0, 0.1) is 5.82 Å². The summed E-state index contributed by atoms with van der Waals surface area (Å²) in [7, 11) is 1.59. The number of hydrogen-bond acceptors (Lipinski definition) is 3. The van der Waals surface area contributed by atoms with E-state index in [1.807, 2.05) is 12.1 Å². The molecule has 0 aliphatic carbocycles. The van der Waals surface area contributed by atoms with E-state index < -0.39 is 0 Å².